The first-order chi connectivity index (χ1) is 13.9. The fourth-order valence-electron chi connectivity index (χ4n) is 3.49. The molecule has 158 valence electrons. The number of nitrogens with zero attached hydrogens (tertiary/aromatic N) is 4. The second-order valence-corrected chi connectivity index (χ2v) is 10.6. The van der Waals surface area contributed by atoms with Gasteiger partial charge in [-0.25, -0.2) is 8.42 Å². The van der Waals surface area contributed by atoms with E-state index >= 15 is 0 Å². The molecule has 0 saturated carbocycles. The molecule has 1 aliphatic rings. The van der Waals surface area contributed by atoms with E-state index in [1.54, 1.807) is 4.90 Å². The Morgan fingerprint density at radius 1 is 1.28 bits per heavy atom. The lowest BCUT2D eigenvalue weighted by Crippen LogP contribution is -2.42. The summed E-state index contributed by atoms with van der Waals surface area (Å²) >= 11 is 1.36. The van der Waals surface area contributed by atoms with Crippen molar-refractivity contribution in [3.8, 4) is 0 Å². The third kappa shape index (κ3) is 5.82. The van der Waals surface area contributed by atoms with Gasteiger partial charge in [0.05, 0.1) is 23.8 Å². The second kappa shape index (κ2) is 9.75. The van der Waals surface area contributed by atoms with Crippen molar-refractivity contribution in [2.24, 2.45) is 0 Å². The Morgan fingerprint density at radius 3 is 2.69 bits per heavy atom. The lowest BCUT2D eigenvalue weighted by molar-refractivity contribution is -0.130. The molecule has 1 fully saturated rings. The molecule has 1 aliphatic heterocycles. The quantitative estimate of drug-likeness (QED) is 0.562. The average molecular weight is 437 g/mol. The number of hydrogen-bond acceptors (Lipinski definition) is 6. The van der Waals surface area contributed by atoms with Gasteiger partial charge in [-0.2, -0.15) is 0 Å². The van der Waals surface area contributed by atoms with Crippen LogP contribution in [-0.4, -0.2) is 63.8 Å². The minimum absolute atomic E-state index is 0.0301. The number of carbonyl (C=O) groups excluding carboxylic acids is 1. The number of thioether (sulfide) groups is 1. The monoisotopic (exact) mass is 436 g/mol. The van der Waals surface area contributed by atoms with Crippen molar-refractivity contribution < 1.29 is 13.2 Å². The Bertz CT molecular complexity index is 928. The molecule has 7 nitrogen and oxygen atoms in total. The van der Waals surface area contributed by atoms with Gasteiger partial charge >= 0.3 is 0 Å². The van der Waals surface area contributed by atoms with E-state index in [-0.39, 0.29) is 29.2 Å². The highest BCUT2D eigenvalue weighted by atomic mass is 32.2. The van der Waals surface area contributed by atoms with E-state index in [4.69, 9.17) is 0 Å². The number of amides is 1. The lowest BCUT2D eigenvalue weighted by Gasteiger charge is -2.28. The molecular formula is C20H28N4O3S2. The van der Waals surface area contributed by atoms with Gasteiger partial charge in [-0.05, 0) is 25.3 Å². The summed E-state index contributed by atoms with van der Waals surface area (Å²) in [5.74, 6) is 1.25. The molecule has 0 aliphatic carbocycles. The lowest BCUT2D eigenvalue weighted by atomic mass is 10.2. The van der Waals surface area contributed by atoms with Gasteiger partial charge in [0.25, 0.3) is 0 Å². The van der Waals surface area contributed by atoms with Gasteiger partial charge in [0.1, 0.15) is 5.82 Å². The number of hydrogen-bond donors (Lipinski definition) is 0. The SMILES string of the molecule is CCCCN(C(=O)CSc1nnc(C)n1Cc1ccccc1)C1CCS(=O)(=O)C1. The van der Waals surface area contributed by atoms with Gasteiger partial charge in [-0.15, -0.1) is 10.2 Å². The minimum Gasteiger partial charge on any atom is -0.338 e. The first-order valence-corrected chi connectivity index (χ1v) is 12.8. The van der Waals surface area contributed by atoms with Crippen LogP contribution in [0.2, 0.25) is 0 Å². The summed E-state index contributed by atoms with van der Waals surface area (Å²) in [6.07, 6.45) is 2.36. The largest absolute Gasteiger partial charge is 0.338 e. The van der Waals surface area contributed by atoms with Crippen LogP contribution in [0.1, 0.15) is 37.6 Å². The number of unbranched alkanes of at least 4 members (excludes halogenated alkanes) is 1. The first-order valence-electron chi connectivity index (χ1n) is 9.96. The van der Waals surface area contributed by atoms with Crippen molar-refractivity contribution >= 4 is 27.5 Å². The molecule has 0 spiro atoms. The summed E-state index contributed by atoms with van der Waals surface area (Å²) in [5.41, 5.74) is 1.14. The molecule has 9 heteroatoms. The number of aromatic nitrogens is 3. The Balaban J connectivity index is 1.67. The van der Waals surface area contributed by atoms with Crippen LogP contribution < -0.4 is 0 Å². The van der Waals surface area contributed by atoms with Crippen LogP contribution in [0.4, 0.5) is 0 Å². The molecule has 1 unspecified atom stereocenters. The third-order valence-corrected chi connectivity index (χ3v) is 7.83. The normalized spacial score (nSPS) is 18.1. The van der Waals surface area contributed by atoms with Gasteiger partial charge in [0, 0.05) is 12.6 Å². The van der Waals surface area contributed by atoms with Gasteiger partial charge in [-0.1, -0.05) is 55.4 Å². The van der Waals surface area contributed by atoms with Crippen molar-refractivity contribution in [1.29, 1.82) is 0 Å². The van der Waals surface area contributed by atoms with Crippen LogP contribution in [-0.2, 0) is 21.2 Å². The van der Waals surface area contributed by atoms with E-state index in [2.05, 4.69) is 17.1 Å². The summed E-state index contributed by atoms with van der Waals surface area (Å²) in [5, 5.41) is 9.11. The van der Waals surface area contributed by atoms with Crippen LogP contribution >= 0.6 is 11.8 Å². The van der Waals surface area contributed by atoms with Gasteiger partial charge in [-0.3, -0.25) is 4.79 Å². The summed E-state index contributed by atoms with van der Waals surface area (Å²) in [7, 11) is -3.03. The highest BCUT2D eigenvalue weighted by molar-refractivity contribution is 7.99. The smallest absolute Gasteiger partial charge is 0.233 e. The van der Waals surface area contributed by atoms with E-state index < -0.39 is 9.84 Å². The fourth-order valence-corrected chi connectivity index (χ4v) is 6.09. The fraction of sp³-hybridized carbons (Fsp3) is 0.550. The molecule has 0 radical (unpaired) electrons. The molecule has 2 heterocycles. The molecular weight excluding hydrogens is 408 g/mol. The number of aryl methyl sites for hydroxylation is 1. The molecule has 29 heavy (non-hydrogen) atoms. The van der Waals surface area contributed by atoms with Gasteiger partial charge < -0.3 is 9.47 Å². The number of carbonyl (C=O) groups is 1. The van der Waals surface area contributed by atoms with Crippen molar-refractivity contribution in [3.63, 3.8) is 0 Å². The van der Waals surface area contributed by atoms with Crippen molar-refractivity contribution in [3.05, 3.63) is 41.7 Å². The third-order valence-electron chi connectivity index (χ3n) is 5.13. The first kappa shape index (κ1) is 21.8. The topological polar surface area (TPSA) is 85.2 Å². The molecule has 2 aromatic rings. The van der Waals surface area contributed by atoms with E-state index in [0.29, 0.717) is 24.7 Å². The molecule has 1 aromatic heterocycles. The highest BCUT2D eigenvalue weighted by Crippen LogP contribution is 2.23. The van der Waals surface area contributed by atoms with Crippen LogP contribution in [0.15, 0.2) is 35.5 Å². The highest BCUT2D eigenvalue weighted by Gasteiger charge is 2.34. The summed E-state index contributed by atoms with van der Waals surface area (Å²) in [4.78, 5) is 14.7. The van der Waals surface area contributed by atoms with Crippen molar-refractivity contribution in [2.45, 2.75) is 50.9 Å². The van der Waals surface area contributed by atoms with E-state index in [0.717, 1.165) is 24.2 Å². The number of rotatable bonds is 9. The molecule has 1 saturated heterocycles. The van der Waals surface area contributed by atoms with E-state index in [1.807, 2.05) is 41.8 Å². The van der Waals surface area contributed by atoms with E-state index in [9.17, 15) is 13.2 Å². The maximum atomic E-state index is 12.9. The second-order valence-electron chi connectivity index (χ2n) is 7.39. The molecule has 3 rings (SSSR count). The zero-order chi connectivity index (χ0) is 20.9. The summed E-state index contributed by atoms with van der Waals surface area (Å²) in [6.45, 7) is 5.22. The predicted molar refractivity (Wildman–Crippen MR) is 115 cm³/mol. The van der Waals surface area contributed by atoms with Crippen LogP contribution in [0.3, 0.4) is 0 Å². The zero-order valence-corrected chi connectivity index (χ0v) is 18.6. The molecule has 1 aromatic carbocycles. The predicted octanol–water partition coefficient (Wildman–Crippen LogP) is 2.54. The van der Waals surface area contributed by atoms with Crippen molar-refractivity contribution in [2.75, 3.05) is 23.8 Å². The van der Waals surface area contributed by atoms with Crippen molar-refractivity contribution in [1.82, 2.24) is 19.7 Å². The standard InChI is InChI=1S/C20H28N4O3S2/c1-3-4-11-23(18-10-12-29(26,27)15-18)19(25)14-28-20-22-21-16(2)24(20)13-17-8-6-5-7-9-17/h5-9,18H,3-4,10-15H2,1-2H3. The number of sulfone groups is 1. The van der Waals surface area contributed by atoms with Crippen LogP contribution in [0.5, 0.6) is 0 Å². The van der Waals surface area contributed by atoms with Gasteiger partial charge in [0.15, 0.2) is 15.0 Å². The molecule has 1 amide bonds. The molecule has 0 bridgehead atoms. The maximum Gasteiger partial charge on any atom is 0.233 e. The minimum atomic E-state index is -3.03. The summed E-state index contributed by atoms with van der Waals surface area (Å²) in [6, 6.07) is 9.85. The Morgan fingerprint density at radius 2 is 2.03 bits per heavy atom. The van der Waals surface area contributed by atoms with E-state index in [1.165, 1.54) is 11.8 Å². The maximum absolute atomic E-state index is 12.9. The Kier molecular flexibility index (Phi) is 7.34. The average Bonchev–Trinajstić information content (AvgIpc) is 3.23. The summed E-state index contributed by atoms with van der Waals surface area (Å²) < 4.78 is 25.8. The Labute approximate surface area is 176 Å². The van der Waals surface area contributed by atoms with Gasteiger partial charge in [0.2, 0.25) is 5.91 Å². The zero-order valence-electron chi connectivity index (χ0n) is 17.0. The van der Waals surface area contributed by atoms with Crippen LogP contribution in [0, 0.1) is 6.92 Å². The molecule has 1 atom stereocenters. The molecule has 0 N–H and O–H groups in total. The Hall–Kier alpha value is -1.87. The van der Waals surface area contributed by atoms with Crippen LogP contribution in [0.25, 0.3) is 0 Å². The number of benzene rings is 1.